The number of hydrogen-bond donors (Lipinski definition) is 0. The molecule has 3 aliphatic rings. The van der Waals surface area contributed by atoms with Crippen molar-refractivity contribution in [3.05, 3.63) is 12.3 Å². The summed E-state index contributed by atoms with van der Waals surface area (Å²) >= 11 is 0. The van der Waals surface area contributed by atoms with Crippen LogP contribution >= 0.6 is 0 Å². The van der Waals surface area contributed by atoms with E-state index in [0.29, 0.717) is 12.8 Å². The van der Waals surface area contributed by atoms with Crippen LogP contribution in [0.15, 0.2) is 12.3 Å². The van der Waals surface area contributed by atoms with Crippen molar-refractivity contribution in [3.63, 3.8) is 0 Å². The monoisotopic (exact) mass is 383 g/mol. The van der Waals surface area contributed by atoms with Crippen LogP contribution < -0.4 is 0 Å². The van der Waals surface area contributed by atoms with Crippen LogP contribution in [0.25, 0.3) is 0 Å². The topological polar surface area (TPSA) is 97.8 Å². The number of ether oxygens (including phenoxy) is 1. The minimum Gasteiger partial charge on any atom is -0.464 e. The van der Waals surface area contributed by atoms with Gasteiger partial charge in [0.15, 0.2) is 5.78 Å². The highest BCUT2D eigenvalue weighted by atomic mass is 32.2. The van der Waals surface area contributed by atoms with E-state index in [9.17, 15) is 22.8 Å². The fourth-order valence-electron chi connectivity index (χ4n) is 4.82. The van der Waals surface area contributed by atoms with Gasteiger partial charge in [0.1, 0.15) is 11.8 Å². The molecule has 1 aliphatic heterocycles. The second kappa shape index (κ2) is 6.18. The van der Waals surface area contributed by atoms with Crippen LogP contribution in [0.4, 0.5) is 0 Å². The van der Waals surface area contributed by atoms with E-state index in [-0.39, 0.29) is 36.3 Å². The maximum absolute atomic E-state index is 13.2. The van der Waals surface area contributed by atoms with Gasteiger partial charge in [-0.05, 0) is 37.2 Å². The van der Waals surface area contributed by atoms with Gasteiger partial charge in [-0.2, -0.15) is 0 Å². The Morgan fingerprint density at radius 1 is 1.31 bits per heavy atom. The Morgan fingerprint density at radius 3 is 2.54 bits per heavy atom. The van der Waals surface area contributed by atoms with E-state index in [2.05, 4.69) is 0 Å². The van der Waals surface area contributed by atoms with Crippen LogP contribution in [0.1, 0.15) is 46.5 Å². The standard InChI is InChI=1S/C18H25NO6S/c1-4-25-16(22)14-10-13(20)6-8-19(14)26(23,24)11-18-7-5-12(9-15(18)21)17(18,2)3/h6,8,12,14H,4-5,7,9-11H2,1-3H3/t12-,14+,18+/m1/s1. The maximum atomic E-state index is 13.2. The Bertz CT molecular complexity index is 784. The number of carbonyl (C=O) groups excluding carboxylic acids is 3. The van der Waals surface area contributed by atoms with Crippen LogP contribution in [0.2, 0.25) is 0 Å². The van der Waals surface area contributed by atoms with Crippen molar-refractivity contribution in [2.45, 2.75) is 52.5 Å². The molecule has 0 unspecified atom stereocenters. The normalized spacial score (nSPS) is 33.0. The van der Waals surface area contributed by atoms with E-state index in [0.717, 1.165) is 23.0 Å². The van der Waals surface area contributed by atoms with Crippen LogP contribution in [0.5, 0.6) is 0 Å². The molecule has 0 saturated heterocycles. The van der Waals surface area contributed by atoms with E-state index in [1.54, 1.807) is 6.92 Å². The molecule has 2 fully saturated rings. The number of esters is 1. The molecule has 2 aliphatic carbocycles. The van der Waals surface area contributed by atoms with Gasteiger partial charge in [0.2, 0.25) is 10.0 Å². The lowest BCUT2D eigenvalue weighted by molar-refractivity contribution is -0.148. The molecule has 7 nitrogen and oxygen atoms in total. The molecule has 0 spiro atoms. The highest BCUT2D eigenvalue weighted by Gasteiger charge is 2.65. The first-order valence-electron chi connectivity index (χ1n) is 8.97. The zero-order valence-corrected chi connectivity index (χ0v) is 16.2. The van der Waals surface area contributed by atoms with Crippen molar-refractivity contribution >= 4 is 27.6 Å². The van der Waals surface area contributed by atoms with Gasteiger partial charge < -0.3 is 4.74 Å². The van der Waals surface area contributed by atoms with Gasteiger partial charge in [0, 0.05) is 19.0 Å². The Kier molecular flexibility index (Phi) is 4.53. The van der Waals surface area contributed by atoms with Crippen molar-refractivity contribution in [1.82, 2.24) is 4.31 Å². The summed E-state index contributed by atoms with van der Waals surface area (Å²) in [5.74, 6) is -1.22. The molecule has 0 aromatic carbocycles. The molecule has 0 radical (unpaired) electrons. The summed E-state index contributed by atoms with van der Waals surface area (Å²) in [4.78, 5) is 36.6. The quantitative estimate of drug-likeness (QED) is 0.666. The van der Waals surface area contributed by atoms with Crippen LogP contribution in [-0.4, -0.2) is 48.7 Å². The number of rotatable bonds is 5. The molecule has 0 N–H and O–H groups in total. The highest BCUT2D eigenvalue weighted by molar-refractivity contribution is 7.89. The summed E-state index contributed by atoms with van der Waals surface area (Å²) < 4.78 is 32.2. The lowest BCUT2D eigenvalue weighted by Crippen LogP contribution is -2.51. The number of allylic oxidation sites excluding steroid dienone is 1. The van der Waals surface area contributed by atoms with E-state index in [1.807, 2.05) is 13.8 Å². The summed E-state index contributed by atoms with van der Waals surface area (Å²) in [7, 11) is -3.98. The van der Waals surface area contributed by atoms with Crippen LogP contribution in [-0.2, 0) is 29.1 Å². The Labute approximate surface area is 153 Å². The molecule has 1 heterocycles. The zero-order valence-electron chi connectivity index (χ0n) is 15.4. The number of hydrogen-bond acceptors (Lipinski definition) is 6. The van der Waals surface area contributed by atoms with E-state index in [1.165, 1.54) is 0 Å². The maximum Gasteiger partial charge on any atom is 0.330 e. The fraction of sp³-hybridized carbons (Fsp3) is 0.722. The first-order chi connectivity index (χ1) is 12.0. The van der Waals surface area contributed by atoms with Crippen molar-refractivity contribution in [3.8, 4) is 0 Å². The smallest absolute Gasteiger partial charge is 0.330 e. The van der Waals surface area contributed by atoms with Crippen molar-refractivity contribution < 1.29 is 27.5 Å². The Balaban J connectivity index is 1.94. The minimum atomic E-state index is -3.98. The molecule has 8 heteroatoms. The second-order valence-electron chi connectivity index (χ2n) is 8.01. The summed E-state index contributed by atoms with van der Waals surface area (Å²) in [5, 5.41) is 0. The van der Waals surface area contributed by atoms with Gasteiger partial charge in [-0.15, -0.1) is 0 Å². The van der Waals surface area contributed by atoms with Gasteiger partial charge in [-0.1, -0.05) is 13.8 Å². The van der Waals surface area contributed by atoms with Gasteiger partial charge in [0.25, 0.3) is 0 Å². The van der Waals surface area contributed by atoms with Gasteiger partial charge in [-0.3, -0.25) is 13.9 Å². The van der Waals surface area contributed by atoms with Crippen LogP contribution in [0, 0.1) is 16.7 Å². The van der Waals surface area contributed by atoms with Gasteiger partial charge >= 0.3 is 5.97 Å². The molecule has 0 aromatic rings. The summed E-state index contributed by atoms with van der Waals surface area (Å²) in [5.41, 5.74) is -1.32. The summed E-state index contributed by atoms with van der Waals surface area (Å²) in [6.07, 6.45) is 3.84. The Hall–Kier alpha value is -1.70. The number of sulfonamides is 1. The van der Waals surface area contributed by atoms with E-state index in [4.69, 9.17) is 4.74 Å². The highest BCUT2D eigenvalue weighted by Crippen LogP contribution is 2.64. The fourth-order valence-corrected chi connectivity index (χ4v) is 7.06. The first kappa shape index (κ1) is 19.1. The van der Waals surface area contributed by atoms with E-state index >= 15 is 0 Å². The molecular formula is C18H25NO6S. The van der Waals surface area contributed by atoms with Crippen molar-refractivity contribution in [2.24, 2.45) is 16.7 Å². The third kappa shape index (κ3) is 2.69. The number of carbonyl (C=O) groups is 3. The average molecular weight is 383 g/mol. The van der Waals surface area contributed by atoms with E-state index < -0.39 is 32.9 Å². The van der Waals surface area contributed by atoms with Crippen molar-refractivity contribution in [2.75, 3.05) is 12.4 Å². The predicted octanol–water partition coefficient (Wildman–Crippen LogP) is 1.43. The molecule has 144 valence electrons. The third-order valence-electron chi connectivity index (χ3n) is 6.56. The first-order valence-corrected chi connectivity index (χ1v) is 10.6. The second-order valence-corrected chi connectivity index (χ2v) is 9.88. The molecular weight excluding hydrogens is 358 g/mol. The molecule has 0 aromatic heterocycles. The number of nitrogens with zero attached hydrogens (tertiary/aromatic N) is 1. The summed E-state index contributed by atoms with van der Waals surface area (Å²) in [6, 6.07) is -1.20. The molecule has 3 rings (SSSR count). The van der Waals surface area contributed by atoms with Gasteiger partial charge in [0.05, 0.1) is 17.8 Å². The lowest BCUT2D eigenvalue weighted by atomic mass is 9.70. The number of fused-ring (bicyclic) bond motifs is 2. The third-order valence-corrected chi connectivity index (χ3v) is 8.43. The largest absolute Gasteiger partial charge is 0.464 e. The summed E-state index contributed by atoms with van der Waals surface area (Å²) in [6.45, 7) is 5.64. The zero-order chi connectivity index (χ0) is 19.3. The number of Topliss-reactive ketones (excluding diaryl/α,β-unsaturated/α-hetero) is 1. The molecule has 0 amide bonds. The molecule has 26 heavy (non-hydrogen) atoms. The molecule has 2 bridgehead atoms. The van der Waals surface area contributed by atoms with Crippen molar-refractivity contribution in [1.29, 1.82) is 0 Å². The SMILES string of the molecule is CCOC(=O)[C@@H]1CC(=O)C=CN1S(=O)(=O)C[C@@]12CC[C@H](CC1=O)C2(C)C. The number of ketones is 2. The Morgan fingerprint density at radius 2 is 2.00 bits per heavy atom. The lowest BCUT2D eigenvalue weighted by Gasteiger charge is -2.39. The van der Waals surface area contributed by atoms with Crippen LogP contribution in [0.3, 0.4) is 0 Å². The molecule has 2 saturated carbocycles. The minimum absolute atomic E-state index is 0.00734. The predicted molar refractivity (Wildman–Crippen MR) is 93.4 cm³/mol. The molecule has 3 atom stereocenters. The van der Waals surface area contributed by atoms with Gasteiger partial charge in [-0.25, -0.2) is 13.2 Å². The average Bonchev–Trinajstić information content (AvgIpc) is 2.88.